The summed E-state index contributed by atoms with van der Waals surface area (Å²) in [7, 11) is 0. The van der Waals surface area contributed by atoms with E-state index in [-0.39, 0.29) is 18.3 Å². The van der Waals surface area contributed by atoms with Crippen LogP contribution in [0.25, 0.3) is 0 Å². The first-order valence-electron chi connectivity index (χ1n) is 7.89. The van der Waals surface area contributed by atoms with E-state index in [9.17, 15) is 9.59 Å². The van der Waals surface area contributed by atoms with Crippen LogP contribution in [0.15, 0.2) is 53.0 Å². The van der Waals surface area contributed by atoms with Crippen LogP contribution in [0.5, 0.6) is 11.5 Å². The van der Waals surface area contributed by atoms with E-state index in [0.29, 0.717) is 11.5 Å². The summed E-state index contributed by atoms with van der Waals surface area (Å²) in [6.07, 6.45) is 0. The zero-order valence-electron chi connectivity index (χ0n) is 14.5. The molecular weight excluding hydrogens is 434 g/mol. The van der Waals surface area contributed by atoms with Gasteiger partial charge in [-0.3, -0.25) is 25.8 Å². The van der Waals surface area contributed by atoms with Crippen molar-refractivity contribution in [2.45, 2.75) is 6.92 Å². The summed E-state index contributed by atoms with van der Waals surface area (Å²) in [6.45, 7) is 1.55. The maximum absolute atomic E-state index is 11.8. The second-order valence-electron chi connectivity index (χ2n) is 5.39. The summed E-state index contributed by atoms with van der Waals surface area (Å²) in [6, 6.07) is 14.4. The van der Waals surface area contributed by atoms with Crippen LogP contribution in [0.3, 0.4) is 0 Å². The molecule has 2 aromatic rings. The van der Waals surface area contributed by atoms with Crippen molar-refractivity contribution >= 4 is 45.1 Å². The van der Waals surface area contributed by atoms with Gasteiger partial charge in [-0.1, -0.05) is 33.6 Å². The smallest absolute Gasteiger partial charge is 0.276 e. The minimum atomic E-state index is -0.453. The van der Waals surface area contributed by atoms with Gasteiger partial charge in [0.2, 0.25) is 0 Å². The van der Waals surface area contributed by atoms with E-state index in [4.69, 9.17) is 21.7 Å². The van der Waals surface area contributed by atoms with E-state index in [0.717, 1.165) is 10.0 Å². The predicted octanol–water partition coefficient (Wildman–Crippen LogP) is 2.24. The number of ether oxygens (including phenoxy) is 2. The minimum Gasteiger partial charge on any atom is -0.484 e. The fraction of sp³-hybridized carbons (Fsp3) is 0.167. The highest BCUT2D eigenvalue weighted by molar-refractivity contribution is 9.10. The van der Waals surface area contributed by atoms with Gasteiger partial charge in [0.1, 0.15) is 11.5 Å². The number of rotatable bonds is 6. The van der Waals surface area contributed by atoms with Gasteiger partial charge in [0.15, 0.2) is 18.3 Å². The fourth-order valence-corrected chi connectivity index (χ4v) is 2.25. The molecule has 9 heteroatoms. The molecule has 142 valence electrons. The highest BCUT2D eigenvalue weighted by Crippen LogP contribution is 2.15. The maximum Gasteiger partial charge on any atom is 0.276 e. The molecule has 2 rings (SSSR count). The molecular formula is C18H18BrN3O4S. The van der Waals surface area contributed by atoms with Gasteiger partial charge >= 0.3 is 0 Å². The van der Waals surface area contributed by atoms with Gasteiger partial charge in [0.05, 0.1) is 0 Å². The fourth-order valence-electron chi connectivity index (χ4n) is 1.82. The van der Waals surface area contributed by atoms with Crippen LogP contribution in [0, 0.1) is 6.92 Å². The van der Waals surface area contributed by atoms with Crippen molar-refractivity contribution in [1.82, 2.24) is 16.2 Å². The number of aryl methyl sites for hydroxylation is 1. The second kappa shape index (κ2) is 10.5. The second-order valence-corrected chi connectivity index (χ2v) is 6.72. The number of thiocarbonyl (C=S) groups is 1. The summed E-state index contributed by atoms with van der Waals surface area (Å²) in [4.78, 5) is 23.5. The van der Waals surface area contributed by atoms with Crippen LogP contribution in [0.1, 0.15) is 5.56 Å². The molecule has 0 saturated heterocycles. The number of hydrogen-bond donors (Lipinski definition) is 3. The Bertz CT molecular complexity index is 797. The average Bonchev–Trinajstić information content (AvgIpc) is 2.65. The Morgan fingerprint density at radius 3 is 2.00 bits per heavy atom. The lowest BCUT2D eigenvalue weighted by atomic mass is 10.2. The molecule has 0 aromatic heterocycles. The normalized spacial score (nSPS) is 9.85. The number of hydrazine groups is 1. The monoisotopic (exact) mass is 451 g/mol. The van der Waals surface area contributed by atoms with Crippen LogP contribution < -0.4 is 25.6 Å². The van der Waals surface area contributed by atoms with E-state index in [1.54, 1.807) is 36.4 Å². The lowest BCUT2D eigenvalue weighted by Crippen LogP contribution is -2.50. The first-order valence-corrected chi connectivity index (χ1v) is 9.09. The molecule has 0 saturated carbocycles. The van der Waals surface area contributed by atoms with Crippen molar-refractivity contribution in [1.29, 1.82) is 0 Å². The lowest BCUT2D eigenvalue weighted by Gasteiger charge is -2.12. The highest BCUT2D eigenvalue weighted by Gasteiger charge is 2.07. The molecule has 0 unspecified atom stereocenters. The predicted molar refractivity (Wildman–Crippen MR) is 108 cm³/mol. The summed E-state index contributed by atoms with van der Waals surface area (Å²) in [5.41, 5.74) is 5.85. The van der Waals surface area contributed by atoms with Crippen LogP contribution in [0.2, 0.25) is 0 Å². The summed E-state index contributed by atoms with van der Waals surface area (Å²) >= 11 is 8.24. The molecule has 0 fully saturated rings. The van der Waals surface area contributed by atoms with Gasteiger partial charge in [-0.25, -0.2) is 0 Å². The van der Waals surface area contributed by atoms with Crippen molar-refractivity contribution in [3.63, 3.8) is 0 Å². The molecule has 3 N–H and O–H groups in total. The third-order valence-corrected chi connectivity index (χ3v) is 3.88. The molecule has 0 spiro atoms. The molecule has 2 amide bonds. The highest BCUT2D eigenvalue weighted by atomic mass is 79.9. The first kappa shape index (κ1) is 20.7. The molecule has 0 bridgehead atoms. The van der Waals surface area contributed by atoms with Crippen LogP contribution >= 0.6 is 28.1 Å². The Morgan fingerprint density at radius 1 is 0.889 bits per heavy atom. The number of carbonyl (C=O) groups excluding carboxylic acids is 2. The Morgan fingerprint density at radius 2 is 1.41 bits per heavy atom. The van der Waals surface area contributed by atoms with Crippen molar-refractivity contribution in [3.8, 4) is 11.5 Å². The quantitative estimate of drug-likeness (QED) is 0.460. The van der Waals surface area contributed by atoms with Crippen molar-refractivity contribution in [2.24, 2.45) is 0 Å². The standard InChI is InChI=1S/C18H18BrN3O4S/c1-12-2-6-14(7-3-12)25-10-16(23)20-18(27)22-21-17(24)11-26-15-8-4-13(19)5-9-15/h2-9H,10-11H2,1H3,(H,21,24)(H2,20,22,23,27). The van der Waals surface area contributed by atoms with Gasteiger partial charge in [0, 0.05) is 4.47 Å². The third-order valence-electron chi connectivity index (χ3n) is 3.14. The Balaban J connectivity index is 1.62. The Hall–Kier alpha value is -2.65. The average molecular weight is 452 g/mol. The molecule has 7 nitrogen and oxygen atoms in total. The number of nitrogens with one attached hydrogen (secondary N) is 3. The molecule has 0 aliphatic heterocycles. The van der Waals surface area contributed by atoms with E-state index >= 15 is 0 Å². The first-order chi connectivity index (χ1) is 12.9. The minimum absolute atomic E-state index is 0.0514. The van der Waals surface area contributed by atoms with Crippen molar-refractivity contribution in [2.75, 3.05) is 13.2 Å². The van der Waals surface area contributed by atoms with Gasteiger partial charge in [-0.15, -0.1) is 0 Å². The number of amides is 2. The zero-order chi connectivity index (χ0) is 19.6. The lowest BCUT2D eigenvalue weighted by molar-refractivity contribution is -0.124. The molecule has 27 heavy (non-hydrogen) atoms. The van der Waals surface area contributed by atoms with E-state index in [2.05, 4.69) is 32.1 Å². The molecule has 0 atom stereocenters. The summed E-state index contributed by atoms with van der Waals surface area (Å²) in [5, 5.41) is 2.34. The van der Waals surface area contributed by atoms with Crippen molar-refractivity contribution in [3.05, 3.63) is 58.6 Å². The molecule has 0 radical (unpaired) electrons. The number of hydrogen-bond acceptors (Lipinski definition) is 5. The van der Waals surface area contributed by atoms with Crippen LogP contribution in [-0.2, 0) is 9.59 Å². The molecule has 2 aromatic carbocycles. The van der Waals surface area contributed by atoms with Gasteiger partial charge in [-0.2, -0.15) is 0 Å². The van der Waals surface area contributed by atoms with Crippen molar-refractivity contribution < 1.29 is 19.1 Å². The number of halogens is 1. The van der Waals surface area contributed by atoms with Gasteiger partial charge in [-0.05, 0) is 55.5 Å². The Labute approximate surface area is 170 Å². The van der Waals surface area contributed by atoms with Gasteiger partial charge in [0.25, 0.3) is 11.8 Å². The molecule has 0 aliphatic carbocycles. The van der Waals surface area contributed by atoms with E-state index < -0.39 is 11.8 Å². The molecule has 0 aliphatic rings. The largest absolute Gasteiger partial charge is 0.484 e. The Kier molecular flexibility index (Phi) is 8.02. The maximum atomic E-state index is 11.8. The number of carbonyl (C=O) groups is 2. The van der Waals surface area contributed by atoms with Gasteiger partial charge < -0.3 is 9.47 Å². The van der Waals surface area contributed by atoms with Crippen LogP contribution in [0.4, 0.5) is 0 Å². The van der Waals surface area contributed by atoms with E-state index in [1.807, 2.05) is 19.1 Å². The zero-order valence-corrected chi connectivity index (χ0v) is 16.9. The van der Waals surface area contributed by atoms with Crippen LogP contribution in [-0.4, -0.2) is 30.1 Å². The summed E-state index contributed by atoms with van der Waals surface area (Å²) in [5.74, 6) is 0.226. The number of benzene rings is 2. The summed E-state index contributed by atoms with van der Waals surface area (Å²) < 4.78 is 11.6. The third kappa shape index (κ3) is 8.06. The molecule has 0 heterocycles. The van der Waals surface area contributed by atoms with E-state index in [1.165, 1.54) is 0 Å². The topological polar surface area (TPSA) is 88.7 Å². The SMILES string of the molecule is Cc1ccc(OCC(=O)NC(=S)NNC(=O)COc2ccc(Br)cc2)cc1.